The Balaban J connectivity index is 1.23. The summed E-state index contributed by atoms with van der Waals surface area (Å²) in [4.78, 5) is 39.0. The lowest BCUT2D eigenvalue weighted by Crippen LogP contribution is -2.34. The van der Waals surface area contributed by atoms with Crippen molar-refractivity contribution in [3.8, 4) is 0 Å². The van der Waals surface area contributed by atoms with Crippen molar-refractivity contribution in [2.75, 3.05) is 26.1 Å². The minimum Gasteiger partial charge on any atom is -0.383 e. The molecule has 2 saturated heterocycles. The molecule has 2 aliphatic heterocycles. The first-order valence-corrected chi connectivity index (χ1v) is 15.3. The van der Waals surface area contributed by atoms with E-state index in [-0.39, 0.29) is 30.7 Å². The number of imidazole rings is 1. The standard InChI is InChI=1S/C24H29FN7O6PS/c1-24(8-14(9-35-2)38-23(24)32-12-30-18-17(32)3-5-27-21(18)33)39(34,40)36-10-13-7-16(25)22(37-13)31-6-4-15-19(26)28-11-29-20(15)31/h3-6,11-14,16,22-23H,7-10H2,1-2H3,(H,27,33)(H,34,40)(H2,26,28,29)/t13-,14-,16-,22+,23+,24+,39?/m0/s1. The molecule has 0 radical (unpaired) electrons. The van der Waals surface area contributed by atoms with Crippen LogP contribution in [0.3, 0.4) is 0 Å². The molecule has 6 rings (SSSR count). The topological polar surface area (TPSA) is 165 Å². The number of nitrogens with zero attached hydrogens (tertiary/aromatic N) is 5. The molecule has 13 nitrogen and oxygen atoms in total. The van der Waals surface area contributed by atoms with Gasteiger partial charge in [-0.25, -0.2) is 19.3 Å². The molecule has 4 aromatic heterocycles. The number of methoxy groups -OCH3 is 1. The Morgan fingerprint density at radius 1 is 1.27 bits per heavy atom. The number of hydrogen-bond acceptors (Lipinski definition) is 10. The van der Waals surface area contributed by atoms with Crippen LogP contribution in [0.25, 0.3) is 22.1 Å². The summed E-state index contributed by atoms with van der Waals surface area (Å²) in [7, 11) is 1.56. The number of halogens is 1. The summed E-state index contributed by atoms with van der Waals surface area (Å²) < 4.78 is 42.1. The van der Waals surface area contributed by atoms with E-state index in [0.29, 0.717) is 28.8 Å². The van der Waals surface area contributed by atoms with E-state index in [1.807, 2.05) is 0 Å². The highest BCUT2D eigenvalue weighted by atomic mass is 32.5. The maximum atomic E-state index is 15.2. The molecule has 0 aliphatic carbocycles. The van der Waals surface area contributed by atoms with Gasteiger partial charge >= 0.3 is 0 Å². The molecule has 4 aromatic rings. The number of nitrogens with two attached hydrogens (primary N) is 1. The number of hydrogen-bond donors (Lipinski definition) is 3. The van der Waals surface area contributed by atoms with Crippen LogP contribution in [0.15, 0.2) is 42.0 Å². The van der Waals surface area contributed by atoms with E-state index in [9.17, 15) is 9.69 Å². The molecule has 214 valence electrons. The number of fused-ring (bicyclic) bond motifs is 2. The highest BCUT2D eigenvalue weighted by Gasteiger charge is 2.56. The monoisotopic (exact) mass is 593 g/mol. The fourth-order valence-corrected chi connectivity index (χ4v) is 7.82. The van der Waals surface area contributed by atoms with E-state index in [2.05, 4.69) is 19.9 Å². The third kappa shape index (κ3) is 4.45. The molecule has 0 saturated carbocycles. The Morgan fingerprint density at radius 2 is 2.10 bits per heavy atom. The van der Waals surface area contributed by atoms with E-state index >= 15 is 4.39 Å². The summed E-state index contributed by atoms with van der Waals surface area (Å²) in [5.41, 5.74) is 6.79. The summed E-state index contributed by atoms with van der Waals surface area (Å²) in [6.07, 6.45) is 2.20. The lowest BCUT2D eigenvalue weighted by molar-refractivity contribution is -0.0392. The number of nitrogen functional groups attached to an aromatic ring is 1. The molecule has 2 aliphatic rings. The zero-order valence-electron chi connectivity index (χ0n) is 21.7. The Kier molecular flexibility index (Phi) is 7.02. The average molecular weight is 594 g/mol. The molecule has 16 heteroatoms. The van der Waals surface area contributed by atoms with Gasteiger partial charge in [-0.15, -0.1) is 0 Å². The molecule has 0 bridgehead atoms. The van der Waals surface area contributed by atoms with Gasteiger partial charge in [0.25, 0.3) is 5.56 Å². The molecule has 0 aromatic carbocycles. The van der Waals surface area contributed by atoms with Gasteiger partial charge in [0.05, 0.1) is 47.8 Å². The second kappa shape index (κ2) is 10.2. The Hall–Kier alpha value is -2.78. The number of anilines is 1. The van der Waals surface area contributed by atoms with Crippen molar-refractivity contribution in [3.05, 3.63) is 47.5 Å². The molecule has 2 fully saturated rings. The van der Waals surface area contributed by atoms with Crippen LogP contribution in [-0.2, 0) is 30.5 Å². The fourth-order valence-electron chi connectivity index (χ4n) is 5.59. The second-order valence-corrected chi connectivity index (χ2v) is 14.1. The molecule has 7 atom stereocenters. The van der Waals surface area contributed by atoms with Crippen LogP contribution < -0.4 is 11.3 Å². The molecular formula is C24H29FN7O6PS. The van der Waals surface area contributed by atoms with Gasteiger partial charge in [0.1, 0.15) is 30.2 Å². The Labute approximate surface area is 232 Å². The van der Waals surface area contributed by atoms with E-state index in [1.165, 1.54) is 18.9 Å². The van der Waals surface area contributed by atoms with E-state index in [0.717, 1.165) is 0 Å². The molecule has 0 spiro atoms. The van der Waals surface area contributed by atoms with Crippen LogP contribution >= 0.6 is 6.49 Å². The van der Waals surface area contributed by atoms with Gasteiger partial charge in [-0.1, -0.05) is 0 Å². The largest absolute Gasteiger partial charge is 0.383 e. The van der Waals surface area contributed by atoms with Crippen LogP contribution in [0.5, 0.6) is 0 Å². The number of nitrogens with one attached hydrogen (secondary N) is 1. The van der Waals surface area contributed by atoms with Crippen molar-refractivity contribution >= 4 is 46.2 Å². The average Bonchev–Trinajstić information content (AvgIpc) is 3.68. The van der Waals surface area contributed by atoms with Gasteiger partial charge in [0.15, 0.2) is 18.2 Å². The molecule has 40 heavy (non-hydrogen) atoms. The molecule has 0 amide bonds. The van der Waals surface area contributed by atoms with Crippen LogP contribution in [0.2, 0.25) is 0 Å². The number of aromatic nitrogens is 6. The molecule has 6 heterocycles. The minimum absolute atomic E-state index is 0.0398. The third-order valence-electron chi connectivity index (χ3n) is 7.63. The zero-order chi connectivity index (χ0) is 28.2. The van der Waals surface area contributed by atoms with Gasteiger partial charge < -0.3 is 43.5 Å². The van der Waals surface area contributed by atoms with Gasteiger partial charge in [-0.05, 0) is 37.3 Å². The van der Waals surface area contributed by atoms with Gasteiger partial charge in [0, 0.05) is 25.9 Å². The molecule has 4 N–H and O–H groups in total. The maximum Gasteiger partial charge on any atom is 0.276 e. The summed E-state index contributed by atoms with van der Waals surface area (Å²) in [6, 6.07) is 3.42. The van der Waals surface area contributed by atoms with Crippen molar-refractivity contribution in [2.45, 2.75) is 55.8 Å². The van der Waals surface area contributed by atoms with Crippen LogP contribution in [0, 0.1) is 0 Å². The first-order valence-electron chi connectivity index (χ1n) is 12.7. The SMILES string of the molecule is COC[C@@H]1C[C@@](C)(P(O)(=S)OC[C@@H]2C[C@H](F)[C@H](n3ccc4c(N)ncnc43)O2)[C@H](n2cnc3c(=O)[nH]ccc32)O1. The number of rotatable bonds is 8. The number of H-pyrrole nitrogens is 1. The van der Waals surface area contributed by atoms with Crippen molar-refractivity contribution in [3.63, 3.8) is 0 Å². The molecular weight excluding hydrogens is 564 g/mol. The zero-order valence-corrected chi connectivity index (χ0v) is 23.4. The summed E-state index contributed by atoms with van der Waals surface area (Å²) in [6.45, 7) is -1.69. The first-order chi connectivity index (χ1) is 19.1. The predicted molar refractivity (Wildman–Crippen MR) is 147 cm³/mol. The fraction of sp³-hybridized carbons (Fsp3) is 0.500. The van der Waals surface area contributed by atoms with Gasteiger partial charge in [-0.2, -0.15) is 0 Å². The predicted octanol–water partition coefficient (Wildman–Crippen LogP) is 2.39. The van der Waals surface area contributed by atoms with Crippen molar-refractivity contribution in [2.24, 2.45) is 0 Å². The normalized spacial score (nSPS) is 30.4. The van der Waals surface area contributed by atoms with Gasteiger partial charge in [-0.3, -0.25) is 4.79 Å². The highest BCUT2D eigenvalue weighted by Crippen LogP contribution is 2.66. The highest BCUT2D eigenvalue weighted by molar-refractivity contribution is 8.10. The van der Waals surface area contributed by atoms with Crippen LogP contribution in [-0.4, -0.2) is 77.8 Å². The number of ether oxygens (including phenoxy) is 3. The van der Waals surface area contributed by atoms with Crippen LogP contribution in [0.4, 0.5) is 10.2 Å². The maximum absolute atomic E-state index is 15.2. The van der Waals surface area contributed by atoms with Crippen molar-refractivity contribution < 1.29 is 28.0 Å². The number of alkyl halides is 1. The minimum atomic E-state index is -3.63. The van der Waals surface area contributed by atoms with E-state index < -0.39 is 42.5 Å². The van der Waals surface area contributed by atoms with Crippen LogP contribution in [0.1, 0.15) is 32.2 Å². The van der Waals surface area contributed by atoms with E-state index in [1.54, 1.807) is 41.5 Å². The summed E-state index contributed by atoms with van der Waals surface area (Å²) >= 11 is 5.74. The summed E-state index contributed by atoms with van der Waals surface area (Å²) in [5.74, 6) is 0.293. The van der Waals surface area contributed by atoms with E-state index in [4.69, 9.17) is 36.3 Å². The molecule has 1 unspecified atom stereocenters. The smallest absolute Gasteiger partial charge is 0.276 e. The lowest BCUT2D eigenvalue weighted by Gasteiger charge is -2.37. The summed E-state index contributed by atoms with van der Waals surface area (Å²) in [5, 5.41) is -0.483. The quantitative estimate of drug-likeness (QED) is 0.257. The number of pyridine rings is 1. The Bertz CT molecular complexity index is 1660. The first kappa shape index (κ1) is 27.4. The van der Waals surface area contributed by atoms with Crippen molar-refractivity contribution in [1.82, 2.24) is 29.1 Å². The second-order valence-electron chi connectivity index (χ2n) is 10.3. The van der Waals surface area contributed by atoms with Crippen molar-refractivity contribution in [1.29, 1.82) is 0 Å². The lowest BCUT2D eigenvalue weighted by atomic mass is 10.0. The third-order valence-corrected chi connectivity index (χ3v) is 11.4. The Morgan fingerprint density at radius 3 is 2.90 bits per heavy atom. The number of aromatic amines is 1. The van der Waals surface area contributed by atoms with Gasteiger partial charge in [0.2, 0.25) is 0 Å².